The fraction of sp³-hybridized carbons (Fsp3) is 0.231. The Labute approximate surface area is 124 Å². The van der Waals surface area contributed by atoms with Crippen molar-refractivity contribution in [3.63, 3.8) is 0 Å². The number of nitrogens with zero attached hydrogens (tertiary/aromatic N) is 1. The highest BCUT2D eigenvalue weighted by atomic mass is 19.1. The largest absolute Gasteiger partial charge is 0.466 e. The molecule has 1 aromatic carbocycles. The lowest BCUT2D eigenvalue weighted by Crippen LogP contribution is -2.16. The average Bonchev–Trinajstić information content (AvgIpc) is 2.48. The molecule has 0 radical (unpaired) electrons. The van der Waals surface area contributed by atoms with E-state index in [9.17, 15) is 24.1 Å². The number of nitro benzene ring substituents is 1. The second-order valence-electron chi connectivity index (χ2n) is 4.05. The highest BCUT2D eigenvalue weighted by Gasteiger charge is 2.20. The van der Waals surface area contributed by atoms with Crippen molar-refractivity contribution in [1.82, 2.24) is 0 Å². The normalized spacial score (nSPS) is 10.8. The maximum atomic E-state index is 13.5. The smallest absolute Gasteiger partial charge is 0.354 e. The summed E-state index contributed by atoms with van der Waals surface area (Å²) in [6.45, 7) is 1.37. The number of halogens is 1. The first-order valence-electron chi connectivity index (χ1n) is 5.89. The van der Waals surface area contributed by atoms with Crippen LogP contribution in [0.4, 0.5) is 15.8 Å². The summed E-state index contributed by atoms with van der Waals surface area (Å²) in [7, 11) is 2.18. The van der Waals surface area contributed by atoms with Gasteiger partial charge in [-0.1, -0.05) is 0 Å². The Morgan fingerprint density at radius 3 is 2.45 bits per heavy atom. The van der Waals surface area contributed by atoms with Gasteiger partial charge < -0.3 is 14.8 Å². The van der Waals surface area contributed by atoms with Gasteiger partial charge in [-0.15, -0.1) is 0 Å². The molecule has 1 aromatic rings. The molecule has 0 fully saturated rings. The minimum absolute atomic E-state index is 0.0488. The number of hydrogen-bond acceptors (Lipinski definition) is 7. The molecule has 0 aliphatic heterocycles. The molecule has 0 spiro atoms. The van der Waals surface area contributed by atoms with Crippen molar-refractivity contribution in [2.45, 2.75) is 6.92 Å². The standard InChI is InChI=1S/C13H13FN2O6/c1-7-9(4-8(14)5-11(7)16(19)20)15-10(13(18)22-3)6-12(17)21-2/h4-6,15H,1-3H3/b10-6+. The number of carbonyl (C=O) groups excluding carboxylic acids is 2. The number of hydrogen-bond donors (Lipinski definition) is 1. The summed E-state index contributed by atoms with van der Waals surface area (Å²) in [4.78, 5) is 32.9. The van der Waals surface area contributed by atoms with Crippen LogP contribution in [0, 0.1) is 22.9 Å². The molecule has 0 saturated carbocycles. The van der Waals surface area contributed by atoms with Crippen LogP contribution in [0.1, 0.15) is 5.56 Å². The molecule has 1 rings (SSSR count). The number of nitro groups is 1. The molecule has 9 heteroatoms. The Morgan fingerprint density at radius 1 is 1.32 bits per heavy atom. The van der Waals surface area contributed by atoms with E-state index in [1.165, 1.54) is 6.92 Å². The van der Waals surface area contributed by atoms with Crippen LogP contribution in [0.3, 0.4) is 0 Å². The molecule has 8 nitrogen and oxygen atoms in total. The second kappa shape index (κ2) is 7.16. The summed E-state index contributed by atoms with van der Waals surface area (Å²) >= 11 is 0. The summed E-state index contributed by atoms with van der Waals surface area (Å²) in [5.74, 6) is -2.64. The SMILES string of the molecule is COC(=O)/C=C(/Nc1cc(F)cc([N+](=O)[O-])c1C)C(=O)OC. The number of anilines is 1. The van der Waals surface area contributed by atoms with E-state index in [2.05, 4.69) is 14.8 Å². The topological polar surface area (TPSA) is 108 Å². The number of methoxy groups -OCH3 is 2. The van der Waals surface area contributed by atoms with Crippen LogP contribution in [0.25, 0.3) is 0 Å². The molecular weight excluding hydrogens is 299 g/mol. The zero-order valence-electron chi connectivity index (χ0n) is 12.0. The van der Waals surface area contributed by atoms with E-state index in [0.717, 1.165) is 32.4 Å². The molecule has 22 heavy (non-hydrogen) atoms. The van der Waals surface area contributed by atoms with Gasteiger partial charge in [-0.3, -0.25) is 10.1 Å². The van der Waals surface area contributed by atoms with E-state index in [4.69, 9.17) is 0 Å². The zero-order valence-corrected chi connectivity index (χ0v) is 12.0. The van der Waals surface area contributed by atoms with Gasteiger partial charge in [0.25, 0.3) is 5.69 Å². The Morgan fingerprint density at radius 2 is 1.95 bits per heavy atom. The maximum Gasteiger partial charge on any atom is 0.354 e. The summed E-state index contributed by atoms with van der Waals surface area (Å²) in [5, 5.41) is 13.3. The van der Waals surface area contributed by atoms with Crippen molar-refractivity contribution in [1.29, 1.82) is 0 Å². The lowest BCUT2D eigenvalue weighted by molar-refractivity contribution is -0.385. The summed E-state index contributed by atoms with van der Waals surface area (Å²) in [6, 6.07) is 1.71. The Kier molecular flexibility index (Phi) is 5.56. The first-order valence-corrected chi connectivity index (χ1v) is 5.89. The van der Waals surface area contributed by atoms with Crippen molar-refractivity contribution in [3.8, 4) is 0 Å². The van der Waals surface area contributed by atoms with Gasteiger partial charge >= 0.3 is 11.9 Å². The number of nitrogens with one attached hydrogen (secondary N) is 1. The van der Waals surface area contributed by atoms with Gasteiger partial charge in [-0.2, -0.15) is 0 Å². The van der Waals surface area contributed by atoms with Gasteiger partial charge in [0.2, 0.25) is 0 Å². The van der Waals surface area contributed by atoms with Crippen LogP contribution in [0.2, 0.25) is 0 Å². The lowest BCUT2D eigenvalue weighted by Gasteiger charge is -2.11. The van der Waals surface area contributed by atoms with Crippen molar-refractivity contribution in [2.24, 2.45) is 0 Å². The highest BCUT2D eigenvalue weighted by molar-refractivity contribution is 5.99. The summed E-state index contributed by atoms with van der Waals surface area (Å²) in [6.07, 6.45) is 0.794. The third-order valence-electron chi connectivity index (χ3n) is 2.68. The molecule has 0 amide bonds. The Balaban J connectivity index is 3.30. The monoisotopic (exact) mass is 312 g/mol. The van der Waals surface area contributed by atoms with Gasteiger partial charge in [0, 0.05) is 0 Å². The van der Waals surface area contributed by atoms with Crippen LogP contribution in [0.15, 0.2) is 23.9 Å². The second-order valence-corrected chi connectivity index (χ2v) is 4.05. The predicted molar refractivity (Wildman–Crippen MR) is 73.5 cm³/mol. The van der Waals surface area contributed by atoms with Crippen LogP contribution >= 0.6 is 0 Å². The van der Waals surface area contributed by atoms with E-state index >= 15 is 0 Å². The third kappa shape index (κ3) is 4.01. The number of carbonyl (C=O) groups is 2. The lowest BCUT2D eigenvalue weighted by atomic mass is 10.1. The minimum atomic E-state index is -0.920. The number of ether oxygens (including phenoxy) is 2. The molecule has 0 bridgehead atoms. The minimum Gasteiger partial charge on any atom is -0.466 e. The van der Waals surface area contributed by atoms with Gasteiger partial charge in [0.15, 0.2) is 0 Å². The average molecular weight is 312 g/mol. The van der Waals surface area contributed by atoms with E-state index in [-0.39, 0.29) is 16.9 Å². The number of esters is 2. The molecule has 0 aliphatic carbocycles. The van der Waals surface area contributed by atoms with Crippen molar-refractivity contribution < 1.29 is 28.4 Å². The molecule has 0 unspecified atom stereocenters. The van der Waals surface area contributed by atoms with Crippen LogP contribution < -0.4 is 5.32 Å². The molecule has 118 valence electrons. The number of rotatable bonds is 5. The maximum absolute atomic E-state index is 13.5. The third-order valence-corrected chi connectivity index (χ3v) is 2.68. The predicted octanol–water partition coefficient (Wildman–Crippen LogP) is 1.68. The first-order chi connectivity index (χ1) is 10.3. The zero-order chi connectivity index (χ0) is 16.9. The van der Waals surface area contributed by atoms with Gasteiger partial charge in [-0.25, -0.2) is 14.0 Å². The summed E-state index contributed by atoms with van der Waals surface area (Å²) < 4.78 is 22.3. The van der Waals surface area contributed by atoms with Crippen molar-refractivity contribution in [3.05, 3.63) is 45.4 Å². The van der Waals surface area contributed by atoms with E-state index < -0.39 is 28.4 Å². The van der Waals surface area contributed by atoms with E-state index in [0.29, 0.717) is 0 Å². The molecule has 0 atom stereocenters. The number of benzene rings is 1. The van der Waals surface area contributed by atoms with Crippen LogP contribution in [-0.4, -0.2) is 31.1 Å². The van der Waals surface area contributed by atoms with Crippen LogP contribution in [0.5, 0.6) is 0 Å². The van der Waals surface area contributed by atoms with Crippen LogP contribution in [-0.2, 0) is 19.1 Å². The quantitative estimate of drug-likeness (QED) is 0.381. The molecule has 1 N–H and O–H groups in total. The fourth-order valence-corrected chi connectivity index (χ4v) is 1.56. The fourth-order valence-electron chi connectivity index (χ4n) is 1.56. The summed E-state index contributed by atoms with van der Waals surface area (Å²) in [5.41, 5.74) is -0.777. The van der Waals surface area contributed by atoms with Gasteiger partial charge in [-0.05, 0) is 13.0 Å². The van der Waals surface area contributed by atoms with E-state index in [1.807, 2.05) is 0 Å². The van der Waals surface area contributed by atoms with Gasteiger partial charge in [0.05, 0.1) is 42.5 Å². The molecular formula is C13H13FN2O6. The van der Waals surface area contributed by atoms with E-state index in [1.54, 1.807) is 0 Å². The first kappa shape index (κ1) is 17.1. The van der Waals surface area contributed by atoms with Crippen molar-refractivity contribution >= 4 is 23.3 Å². The molecule has 0 saturated heterocycles. The molecule has 0 aliphatic rings. The Bertz CT molecular complexity index is 656. The van der Waals surface area contributed by atoms with Crippen molar-refractivity contribution in [2.75, 3.05) is 19.5 Å². The highest BCUT2D eigenvalue weighted by Crippen LogP contribution is 2.28. The van der Waals surface area contributed by atoms with Gasteiger partial charge in [0.1, 0.15) is 11.5 Å². The molecule has 0 heterocycles. The molecule has 0 aromatic heterocycles. The Hall–Kier alpha value is -2.97.